The summed E-state index contributed by atoms with van der Waals surface area (Å²) in [5.74, 6) is 0.0127. The third-order valence-electron chi connectivity index (χ3n) is 3.97. The molecule has 0 amide bonds. The molecule has 1 aliphatic rings. The topological polar surface area (TPSA) is 111 Å². The molecule has 0 saturated heterocycles. The Morgan fingerprint density at radius 2 is 2.00 bits per heavy atom. The monoisotopic (exact) mass is 410 g/mol. The highest BCUT2D eigenvalue weighted by Gasteiger charge is 2.15. The van der Waals surface area contributed by atoms with Crippen molar-refractivity contribution >= 4 is 45.7 Å². The number of hydrogen-bond acceptors (Lipinski definition) is 8. The van der Waals surface area contributed by atoms with Crippen molar-refractivity contribution in [3.63, 3.8) is 0 Å². The molecule has 7 nitrogen and oxygen atoms in total. The Bertz CT molecular complexity index is 1220. The maximum atomic E-state index is 12.4. The Balaban J connectivity index is 1.67. The van der Waals surface area contributed by atoms with E-state index in [1.54, 1.807) is 0 Å². The first-order valence-electron chi connectivity index (χ1n) is 8.22. The van der Waals surface area contributed by atoms with Gasteiger partial charge in [0, 0.05) is 5.75 Å². The van der Waals surface area contributed by atoms with Crippen LogP contribution < -0.4 is 11.3 Å². The largest absolute Gasteiger partial charge is 0.504 e. The zero-order chi connectivity index (χ0) is 19.7. The van der Waals surface area contributed by atoms with Crippen LogP contribution in [0.2, 0.25) is 0 Å². The number of carbonyl (C=O) groups is 1. The normalized spacial score (nSPS) is 15.4. The van der Waals surface area contributed by atoms with Crippen molar-refractivity contribution < 1.29 is 9.90 Å². The van der Waals surface area contributed by atoms with Crippen LogP contribution in [0.4, 0.5) is 5.82 Å². The van der Waals surface area contributed by atoms with E-state index in [9.17, 15) is 14.7 Å². The van der Waals surface area contributed by atoms with Gasteiger partial charge in [0.2, 0.25) is 10.7 Å². The van der Waals surface area contributed by atoms with Gasteiger partial charge < -0.3 is 10.8 Å². The second-order valence-electron chi connectivity index (χ2n) is 5.92. The Hall–Kier alpha value is -3.17. The van der Waals surface area contributed by atoms with Crippen LogP contribution in [-0.4, -0.2) is 25.5 Å². The summed E-state index contributed by atoms with van der Waals surface area (Å²) in [6.45, 7) is 0. The second-order valence-corrected chi connectivity index (χ2v) is 8.10. The highest BCUT2D eigenvalue weighted by Crippen LogP contribution is 2.28. The number of anilines is 1. The Morgan fingerprint density at radius 1 is 1.21 bits per heavy atom. The molecule has 140 valence electrons. The van der Waals surface area contributed by atoms with E-state index in [2.05, 4.69) is 10.1 Å². The molecule has 0 fully saturated rings. The molecule has 0 saturated carbocycles. The molecule has 4 rings (SSSR count). The summed E-state index contributed by atoms with van der Waals surface area (Å²) < 4.78 is 2.18. The van der Waals surface area contributed by atoms with Crippen LogP contribution >= 0.6 is 23.1 Å². The lowest BCUT2D eigenvalue weighted by Gasteiger charge is -2.05. The molecule has 0 unspecified atom stereocenters. The van der Waals surface area contributed by atoms with E-state index in [0.717, 1.165) is 15.7 Å². The summed E-state index contributed by atoms with van der Waals surface area (Å²) in [5.41, 5.74) is 7.45. The van der Waals surface area contributed by atoms with Gasteiger partial charge >= 0.3 is 0 Å². The third-order valence-corrected chi connectivity index (χ3v) is 6.09. The summed E-state index contributed by atoms with van der Waals surface area (Å²) in [6, 6.07) is 9.98. The Labute approximate surface area is 167 Å². The highest BCUT2D eigenvalue weighted by molar-refractivity contribution is 8.00. The zero-order valence-electron chi connectivity index (χ0n) is 14.4. The summed E-state index contributed by atoms with van der Waals surface area (Å²) >= 11 is 2.83. The number of aromatic nitrogens is 3. The van der Waals surface area contributed by atoms with Gasteiger partial charge in [-0.05, 0) is 29.4 Å². The van der Waals surface area contributed by atoms with Gasteiger partial charge in [0.1, 0.15) is 5.82 Å². The molecule has 2 aromatic heterocycles. The summed E-state index contributed by atoms with van der Waals surface area (Å²) in [4.78, 5) is 28.2. The number of nitrogens with two attached hydrogens (primary N) is 1. The van der Waals surface area contributed by atoms with Crippen molar-refractivity contribution in [1.82, 2.24) is 14.6 Å². The minimum absolute atomic E-state index is 0.153. The number of carbonyl (C=O) groups excluding carboxylic acids is 1. The van der Waals surface area contributed by atoms with Crippen LogP contribution in [0.5, 0.6) is 0 Å². The molecule has 3 aromatic rings. The highest BCUT2D eigenvalue weighted by atomic mass is 32.2. The molecule has 0 bridgehead atoms. The van der Waals surface area contributed by atoms with Crippen LogP contribution in [0, 0.1) is 0 Å². The van der Waals surface area contributed by atoms with E-state index in [1.807, 2.05) is 30.3 Å². The number of nitrogens with zero attached hydrogens (tertiary/aromatic N) is 3. The molecule has 0 spiro atoms. The number of thioether (sulfide) groups is 1. The molecule has 9 heteroatoms. The van der Waals surface area contributed by atoms with Crippen LogP contribution in [-0.2, 0) is 10.5 Å². The molecule has 28 heavy (non-hydrogen) atoms. The maximum absolute atomic E-state index is 12.4. The molecule has 0 atom stereocenters. The summed E-state index contributed by atoms with van der Waals surface area (Å²) in [5, 5.41) is 14.0. The Kier molecular flexibility index (Phi) is 4.84. The predicted octanol–water partition coefficient (Wildman–Crippen LogP) is 2.99. The lowest BCUT2D eigenvalue weighted by Crippen LogP contribution is -2.17. The van der Waals surface area contributed by atoms with Crippen LogP contribution in [0.1, 0.15) is 11.1 Å². The number of allylic oxidation sites excluding steroid dienone is 4. The molecule has 0 radical (unpaired) electrons. The second kappa shape index (κ2) is 7.45. The number of ketones is 1. The van der Waals surface area contributed by atoms with Gasteiger partial charge in [0.15, 0.2) is 10.1 Å². The quantitative estimate of drug-likeness (QED) is 0.636. The van der Waals surface area contributed by atoms with E-state index in [-0.39, 0.29) is 11.4 Å². The van der Waals surface area contributed by atoms with Crippen molar-refractivity contribution in [3.05, 3.63) is 81.4 Å². The average molecular weight is 410 g/mol. The van der Waals surface area contributed by atoms with Gasteiger partial charge in [-0.3, -0.25) is 9.59 Å². The Morgan fingerprint density at radius 3 is 2.75 bits per heavy atom. The first-order valence-corrected chi connectivity index (χ1v) is 10.0. The van der Waals surface area contributed by atoms with Crippen molar-refractivity contribution in [2.75, 3.05) is 5.73 Å². The van der Waals surface area contributed by atoms with E-state index in [4.69, 9.17) is 5.73 Å². The lowest BCUT2D eigenvalue weighted by molar-refractivity contribution is -0.113. The number of aliphatic hydroxyl groups is 1. The molecular weight excluding hydrogens is 396 g/mol. The molecule has 0 aliphatic heterocycles. The van der Waals surface area contributed by atoms with E-state index >= 15 is 0 Å². The molecule has 1 aliphatic carbocycles. The van der Waals surface area contributed by atoms with Crippen LogP contribution in [0.3, 0.4) is 0 Å². The number of rotatable bonds is 4. The minimum Gasteiger partial charge on any atom is -0.504 e. The fourth-order valence-corrected chi connectivity index (χ4v) is 4.46. The van der Waals surface area contributed by atoms with Gasteiger partial charge in [-0.2, -0.15) is 9.50 Å². The standard InChI is InChI=1S/C19H14N4O3S2/c20-16-13(8-12-6-7-14(24)15(25)9-12)17(26)21-18-23(16)22-19(28-18)27-10-11-4-2-1-3-5-11/h1-9,25H,10,20H2/b12-8+. The van der Waals surface area contributed by atoms with Gasteiger partial charge in [-0.1, -0.05) is 59.5 Å². The van der Waals surface area contributed by atoms with Crippen molar-refractivity contribution in [2.24, 2.45) is 0 Å². The SMILES string of the molecule is Nc1c(/C=C2\C=CC(=O)C(O)=C2)c(=O)nc2sc(SCc3ccccc3)nn12. The number of benzene rings is 1. The summed E-state index contributed by atoms with van der Waals surface area (Å²) in [7, 11) is 0. The molecular formula is C19H14N4O3S2. The smallest absolute Gasteiger partial charge is 0.283 e. The lowest BCUT2D eigenvalue weighted by atomic mass is 10.1. The molecule has 1 aromatic carbocycles. The van der Waals surface area contributed by atoms with Crippen LogP contribution in [0.25, 0.3) is 11.0 Å². The van der Waals surface area contributed by atoms with Crippen molar-refractivity contribution in [1.29, 1.82) is 0 Å². The molecule has 3 N–H and O–H groups in total. The number of fused-ring (bicyclic) bond motifs is 1. The minimum atomic E-state index is -0.494. The van der Waals surface area contributed by atoms with E-state index in [0.29, 0.717) is 10.5 Å². The first-order chi connectivity index (χ1) is 13.5. The maximum Gasteiger partial charge on any atom is 0.283 e. The fraction of sp³-hybridized carbons (Fsp3) is 0.0526. The molecule has 2 heterocycles. The van der Waals surface area contributed by atoms with Gasteiger partial charge in [0.25, 0.3) is 5.56 Å². The van der Waals surface area contributed by atoms with Crippen LogP contribution in [0.15, 0.2) is 69.0 Å². The first kappa shape index (κ1) is 18.2. The predicted molar refractivity (Wildman–Crippen MR) is 110 cm³/mol. The number of hydrogen-bond donors (Lipinski definition) is 2. The number of aliphatic hydroxyl groups excluding tert-OH is 1. The third kappa shape index (κ3) is 3.62. The van der Waals surface area contributed by atoms with Gasteiger partial charge in [-0.15, -0.1) is 5.10 Å². The fourth-order valence-electron chi connectivity index (χ4n) is 2.57. The van der Waals surface area contributed by atoms with Gasteiger partial charge in [0.05, 0.1) is 5.56 Å². The van der Waals surface area contributed by atoms with Crippen molar-refractivity contribution in [3.8, 4) is 0 Å². The van der Waals surface area contributed by atoms with E-state index < -0.39 is 17.1 Å². The van der Waals surface area contributed by atoms with E-state index in [1.165, 1.54) is 51.9 Å². The zero-order valence-corrected chi connectivity index (χ0v) is 16.0. The van der Waals surface area contributed by atoms with Crippen molar-refractivity contribution in [2.45, 2.75) is 10.1 Å². The summed E-state index contributed by atoms with van der Waals surface area (Å²) in [6.07, 6.45) is 5.48. The number of nitrogen functional groups attached to an aromatic ring is 1. The van der Waals surface area contributed by atoms with Gasteiger partial charge in [-0.25, -0.2) is 0 Å². The average Bonchev–Trinajstić information content (AvgIpc) is 3.10.